The molecule has 3 aromatic carbocycles. The maximum atomic E-state index is 9.54. The van der Waals surface area contributed by atoms with Gasteiger partial charge >= 0.3 is 0 Å². The summed E-state index contributed by atoms with van der Waals surface area (Å²) in [4.78, 5) is 0. The maximum Gasteiger partial charge on any atom is 0.161 e. The Bertz CT molecular complexity index is 1020. The van der Waals surface area contributed by atoms with Gasteiger partial charge in [0.15, 0.2) is 11.5 Å². The number of halogens is 2. The average molecular weight is 502 g/mol. The highest BCUT2D eigenvalue weighted by Gasteiger charge is 2.07. The molecule has 0 aliphatic heterocycles. The number of hydrogen-bond donors (Lipinski definition) is 0. The molecule has 0 aromatic heterocycles. The highest BCUT2D eigenvalue weighted by Crippen LogP contribution is 2.30. The van der Waals surface area contributed by atoms with Crippen molar-refractivity contribution in [3.8, 4) is 17.6 Å². The number of hydrogen-bond acceptors (Lipinski definition) is 3. The molecule has 0 spiro atoms. The molecule has 0 aliphatic carbocycles. The van der Waals surface area contributed by atoms with Crippen molar-refractivity contribution >= 4 is 45.8 Å². The molecule has 0 bridgehead atoms. The monoisotopic (exact) mass is 501 g/mol. The molecular weight excluding hydrogens is 485 g/mol. The van der Waals surface area contributed by atoms with Gasteiger partial charge in [0.25, 0.3) is 0 Å². The van der Waals surface area contributed by atoms with Gasteiger partial charge in [-0.2, -0.15) is 5.26 Å². The standard InChI is InChI=1S/C23H17ClINO2/c1-27-23-13-17(12-19(14-26)18-5-9-21(25)10-6-18)4-11-22(23)28-15-16-2-7-20(24)8-3-16/h2-13H,15H2,1H3/b19-12-. The highest BCUT2D eigenvalue weighted by molar-refractivity contribution is 14.1. The van der Waals surface area contributed by atoms with Crippen LogP contribution in [0.1, 0.15) is 16.7 Å². The van der Waals surface area contributed by atoms with E-state index in [0.717, 1.165) is 20.3 Å². The second kappa shape index (κ2) is 9.63. The van der Waals surface area contributed by atoms with Crippen LogP contribution in [0.4, 0.5) is 0 Å². The number of nitrogens with zero attached hydrogens (tertiary/aromatic N) is 1. The van der Waals surface area contributed by atoms with Crippen LogP contribution >= 0.6 is 34.2 Å². The summed E-state index contributed by atoms with van der Waals surface area (Å²) < 4.78 is 12.5. The molecule has 0 heterocycles. The molecule has 0 unspecified atom stereocenters. The van der Waals surface area contributed by atoms with Crippen molar-refractivity contribution in [3.05, 3.63) is 92.0 Å². The third-order valence-electron chi connectivity index (χ3n) is 4.08. The number of nitriles is 1. The van der Waals surface area contributed by atoms with Crippen LogP contribution in [0.3, 0.4) is 0 Å². The summed E-state index contributed by atoms with van der Waals surface area (Å²) in [5.41, 5.74) is 3.35. The molecule has 0 radical (unpaired) electrons. The fourth-order valence-electron chi connectivity index (χ4n) is 2.61. The van der Waals surface area contributed by atoms with Gasteiger partial charge in [0.1, 0.15) is 6.61 Å². The fourth-order valence-corrected chi connectivity index (χ4v) is 3.10. The third-order valence-corrected chi connectivity index (χ3v) is 5.05. The molecule has 3 aromatic rings. The topological polar surface area (TPSA) is 42.2 Å². The van der Waals surface area contributed by atoms with Gasteiger partial charge in [-0.3, -0.25) is 0 Å². The Morgan fingerprint density at radius 2 is 1.75 bits per heavy atom. The van der Waals surface area contributed by atoms with E-state index in [1.807, 2.05) is 72.8 Å². The lowest BCUT2D eigenvalue weighted by atomic mass is 10.0. The number of rotatable bonds is 6. The fraction of sp³-hybridized carbons (Fsp3) is 0.0870. The third kappa shape index (κ3) is 5.28. The summed E-state index contributed by atoms with van der Waals surface area (Å²) in [5.74, 6) is 1.25. The van der Waals surface area contributed by atoms with Crippen molar-refractivity contribution in [1.82, 2.24) is 0 Å². The average Bonchev–Trinajstić information content (AvgIpc) is 2.72. The number of allylic oxidation sites excluding steroid dienone is 1. The van der Waals surface area contributed by atoms with Crippen LogP contribution < -0.4 is 9.47 Å². The van der Waals surface area contributed by atoms with Crippen molar-refractivity contribution in [2.75, 3.05) is 7.11 Å². The zero-order valence-corrected chi connectivity index (χ0v) is 18.1. The SMILES string of the molecule is COc1cc(/C=C(/C#N)c2ccc(I)cc2)ccc1OCc1ccc(Cl)cc1. The summed E-state index contributed by atoms with van der Waals surface area (Å²) in [6, 6.07) is 23.2. The molecular formula is C23H17ClINO2. The largest absolute Gasteiger partial charge is 0.493 e. The lowest BCUT2D eigenvalue weighted by Crippen LogP contribution is -1.98. The second-order valence-corrected chi connectivity index (χ2v) is 7.68. The van der Waals surface area contributed by atoms with Crippen LogP contribution in [0, 0.1) is 14.9 Å². The Morgan fingerprint density at radius 1 is 1.04 bits per heavy atom. The lowest BCUT2D eigenvalue weighted by Gasteiger charge is -2.12. The second-order valence-electron chi connectivity index (χ2n) is 6.00. The van der Waals surface area contributed by atoms with E-state index in [0.29, 0.717) is 28.7 Å². The van der Waals surface area contributed by atoms with Gasteiger partial charge in [-0.25, -0.2) is 0 Å². The van der Waals surface area contributed by atoms with E-state index < -0.39 is 0 Å². The van der Waals surface area contributed by atoms with Gasteiger partial charge in [0, 0.05) is 8.59 Å². The summed E-state index contributed by atoms with van der Waals surface area (Å²) in [6.07, 6.45) is 1.84. The van der Waals surface area contributed by atoms with Gasteiger partial charge in [0.2, 0.25) is 0 Å². The van der Waals surface area contributed by atoms with Gasteiger partial charge in [-0.1, -0.05) is 41.9 Å². The first-order valence-corrected chi connectivity index (χ1v) is 9.98. The van der Waals surface area contributed by atoms with Crippen molar-refractivity contribution in [2.24, 2.45) is 0 Å². The van der Waals surface area contributed by atoms with Crippen LogP contribution in [0.25, 0.3) is 11.6 Å². The minimum absolute atomic E-state index is 0.412. The van der Waals surface area contributed by atoms with Crippen LogP contribution in [-0.4, -0.2) is 7.11 Å². The lowest BCUT2D eigenvalue weighted by molar-refractivity contribution is 0.284. The van der Waals surface area contributed by atoms with Crippen LogP contribution in [0.2, 0.25) is 5.02 Å². The smallest absolute Gasteiger partial charge is 0.161 e. The van der Waals surface area contributed by atoms with Crippen LogP contribution in [0.15, 0.2) is 66.7 Å². The van der Waals surface area contributed by atoms with Gasteiger partial charge in [-0.15, -0.1) is 0 Å². The molecule has 0 saturated heterocycles. The molecule has 3 rings (SSSR count). The summed E-state index contributed by atoms with van der Waals surface area (Å²) in [5, 5.41) is 10.2. The van der Waals surface area contributed by atoms with E-state index in [1.165, 1.54) is 0 Å². The molecule has 0 aliphatic rings. The molecule has 0 saturated carbocycles. The predicted molar refractivity (Wildman–Crippen MR) is 121 cm³/mol. The maximum absolute atomic E-state index is 9.54. The summed E-state index contributed by atoms with van der Waals surface area (Å²) >= 11 is 8.15. The number of methoxy groups -OCH3 is 1. The van der Waals surface area contributed by atoms with Crippen LogP contribution in [-0.2, 0) is 6.61 Å². The number of ether oxygens (including phenoxy) is 2. The number of benzene rings is 3. The van der Waals surface area contributed by atoms with Crippen molar-refractivity contribution < 1.29 is 9.47 Å². The zero-order valence-electron chi connectivity index (χ0n) is 15.2. The summed E-state index contributed by atoms with van der Waals surface area (Å²) in [7, 11) is 1.60. The van der Waals surface area contributed by atoms with Gasteiger partial charge in [0.05, 0.1) is 18.8 Å². The van der Waals surface area contributed by atoms with Crippen LogP contribution in [0.5, 0.6) is 11.5 Å². The minimum Gasteiger partial charge on any atom is -0.493 e. The zero-order chi connectivity index (χ0) is 19.9. The highest BCUT2D eigenvalue weighted by atomic mass is 127. The molecule has 3 nitrogen and oxygen atoms in total. The van der Waals surface area contributed by atoms with Crippen molar-refractivity contribution in [1.29, 1.82) is 5.26 Å². The van der Waals surface area contributed by atoms with Crippen molar-refractivity contribution in [3.63, 3.8) is 0 Å². The Kier molecular flexibility index (Phi) is 6.96. The Labute approximate surface area is 183 Å². The van der Waals surface area contributed by atoms with E-state index in [2.05, 4.69) is 28.7 Å². The first-order valence-electron chi connectivity index (χ1n) is 8.52. The van der Waals surface area contributed by atoms with E-state index >= 15 is 0 Å². The molecule has 0 fully saturated rings. The molecule has 140 valence electrons. The molecule has 0 N–H and O–H groups in total. The minimum atomic E-state index is 0.412. The first kappa shape index (κ1) is 20.2. The first-order chi connectivity index (χ1) is 13.6. The molecule has 5 heteroatoms. The van der Waals surface area contributed by atoms with Gasteiger partial charge in [-0.05, 0) is 81.8 Å². The Morgan fingerprint density at radius 3 is 2.39 bits per heavy atom. The van der Waals surface area contributed by atoms with Crippen molar-refractivity contribution in [2.45, 2.75) is 6.61 Å². The molecule has 0 atom stereocenters. The Balaban J connectivity index is 1.80. The van der Waals surface area contributed by atoms with Gasteiger partial charge < -0.3 is 9.47 Å². The predicted octanol–water partition coefficient (Wildman–Crippen LogP) is 6.60. The summed E-state index contributed by atoms with van der Waals surface area (Å²) in [6.45, 7) is 0.412. The van der Waals surface area contributed by atoms with E-state index in [9.17, 15) is 5.26 Å². The Hall–Kier alpha value is -2.49. The molecule has 0 amide bonds. The van der Waals surface area contributed by atoms with E-state index in [4.69, 9.17) is 21.1 Å². The quantitative estimate of drug-likeness (QED) is 0.217. The van der Waals surface area contributed by atoms with E-state index in [-0.39, 0.29) is 0 Å². The molecule has 28 heavy (non-hydrogen) atoms. The normalized spacial score (nSPS) is 11.0. The van der Waals surface area contributed by atoms with E-state index in [1.54, 1.807) is 7.11 Å².